The zero-order chi connectivity index (χ0) is 16.1. The maximum absolute atomic E-state index is 12.4. The fourth-order valence-electron chi connectivity index (χ4n) is 2.38. The molecule has 8 nitrogen and oxygen atoms in total. The van der Waals surface area contributed by atoms with Crippen LogP contribution in [0, 0.1) is 10.1 Å². The first-order valence-corrected chi connectivity index (χ1v) is 6.98. The summed E-state index contributed by atoms with van der Waals surface area (Å²) in [5, 5.41) is 13.6. The van der Waals surface area contributed by atoms with Crippen LogP contribution in [-0.2, 0) is 4.79 Å². The highest BCUT2D eigenvalue weighted by atomic mass is 16.6. The van der Waals surface area contributed by atoms with Crippen molar-refractivity contribution in [1.29, 1.82) is 0 Å². The summed E-state index contributed by atoms with van der Waals surface area (Å²) < 4.78 is 0. The van der Waals surface area contributed by atoms with E-state index in [4.69, 9.17) is 0 Å². The van der Waals surface area contributed by atoms with Crippen molar-refractivity contribution >= 4 is 17.5 Å². The summed E-state index contributed by atoms with van der Waals surface area (Å²) in [6.07, 6.45) is 0. The van der Waals surface area contributed by atoms with Gasteiger partial charge in [0.25, 0.3) is 11.6 Å². The summed E-state index contributed by atoms with van der Waals surface area (Å²) in [5.41, 5.74) is -0.0764. The van der Waals surface area contributed by atoms with E-state index in [-0.39, 0.29) is 23.1 Å². The van der Waals surface area contributed by atoms with Crippen molar-refractivity contribution in [2.75, 3.05) is 39.8 Å². The highest BCUT2D eigenvalue weighted by molar-refractivity contribution is 5.98. The average Bonchev–Trinajstić information content (AvgIpc) is 2.54. The first-order chi connectivity index (χ1) is 10.5. The minimum atomic E-state index is -0.547. The summed E-state index contributed by atoms with van der Waals surface area (Å²) in [6.45, 7) is 2.33. The van der Waals surface area contributed by atoms with Crippen LogP contribution < -0.4 is 5.32 Å². The predicted octanol–water partition coefficient (Wildman–Crippen LogP) is 0.0986. The molecule has 1 N–H and O–H groups in total. The van der Waals surface area contributed by atoms with Gasteiger partial charge in [-0.25, -0.2) is 0 Å². The molecule has 1 saturated heterocycles. The van der Waals surface area contributed by atoms with E-state index in [1.54, 1.807) is 18.0 Å². The van der Waals surface area contributed by atoms with E-state index in [0.29, 0.717) is 32.7 Å². The van der Waals surface area contributed by atoms with Crippen molar-refractivity contribution < 1.29 is 14.5 Å². The maximum atomic E-state index is 12.4. The summed E-state index contributed by atoms with van der Waals surface area (Å²) in [6, 6.07) is 5.95. The molecule has 0 bridgehead atoms. The number of piperazine rings is 1. The Bertz CT molecular complexity index is 582. The Morgan fingerprint density at radius 1 is 1.23 bits per heavy atom. The number of nitrogens with one attached hydrogen (secondary N) is 1. The SMILES string of the molecule is CNC(=O)CN1CCN(C(=O)c2ccccc2[N+](=O)[O-])CC1. The van der Waals surface area contributed by atoms with Crippen molar-refractivity contribution in [2.24, 2.45) is 0 Å². The van der Waals surface area contributed by atoms with E-state index in [1.807, 2.05) is 4.90 Å². The Hall–Kier alpha value is -2.48. The molecule has 1 aromatic rings. The van der Waals surface area contributed by atoms with Gasteiger partial charge in [-0.2, -0.15) is 0 Å². The lowest BCUT2D eigenvalue weighted by atomic mass is 10.1. The van der Waals surface area contributed by atoms with Crippen LogP contribution in [0.5, 0.6) is 0 Å². The fourth-order valence-corrected chi connectivity index (χ4v) is 2.38. The molecule has 2 amide bonds. The molecule has 0 atom stereocenters. The van der Waals surface area contributed by atoms with Gasteiger partial charge < -0.3 is 10.2 Å². The molecule has 0 saturated carbocycles. The molecule has 0 aromatic heterocycles. The molecule has 8 heteroatoms. The molecule has 1 aromatic carbocycles. The van der Waals surface area contributed by atoms with Crippen LogP contribution in [0.15, 0.2) is 24.3 Å². The molecule has 1 fully saturated rings. The number of nitro groups is 1. The van der Waals surface area contributed by atoms with Gasteiger partial charge in [0.2, 0.25) is 5.91 Å². The fraction of sp³-hybridized carbons (Fsp3) is 0.429. The monoisotopic (exact) mass is 306 g/mol. The van der Waals surface area contributed by atoms with E-state index in [1.165, 1.54) is 18.2 Å². The van der Waals surface area contributed by atoms with Gasteiger partial charge in [-0.15, -0.1) is 0 Å². The van der Waals surface area contributed by atoms with E-state index >= 15 is 0 Å². The molecule has 22 heavy (non-hydrogen) atoms. The van der Waals surface area contributed by atoms with Crippen LogP contribution >= 0.6 is 0 Å². The van der Waals surface area contributed by atoms with Crippen molar-refractivity contribution in [2.45, 2.75) is 0 Å². The molecule has 0 radical (unpaired) electrons. The Morgan fingerprint density at radius 3 is 2.45 bits per heavy atom. The van der Waals surface area contributed by atoms with Crippen LogP contribution in [0.1, 0.15) is 10.4 Å². The number of rotatable bonds is 4. The molecule has 1 aliphatic rings. The van der Waals surface area contributed by atoms with Gasteiger partial charge in [0.1, 0.15) is 5.56 Å². The van der Waals surface area contributed by atoms with Gasteiger partial charge in [0.05, 0.1) is 11.5 Å². The first kappa shape index (κ1) is 15.9. The number of carbonyl (C=O) groups excluding carboxylic acids is 2. The van der Waals surface area contributed by atoms with E-state index in [2.05, 4.69) is 5.32 Å². The lowest BCUT2D eigenvalue weighted by molar-refractivity contribution is -0.385. The number of likely N-dealkylation sites (N-methyl/N-ethyl adjacent to an activating group) is 1. The minimum Gasteiger partial charge on any atom is -0.358 e. The largest absolute Gasteiger partial charge is 0.358 e. The number of hydrogen-bond donors (Lipinski definition) is 1. The molecule has 2 rings (SSSR count). The highest BCUT2D eigenvalue weighted by Gasteiger charge is 2.27. The van der Waals surface area contributed by atoms with E-state index in [9.17, 15) is 19.7 Å². The van der Waals surface area contributed by atoms with Crippen molar-refractivity contribution in [1.82, 2.24) is 15.1 Å². The lowest BCUT2D eigenvalue weighted by Crippen LogP contribution is -2.50. The van der Waals surface area contributed by atoms with Crippen LogP contribution in [0.3, 0.4) is 0 Å². The number of para-hydroxylation sites is 1. The van der Waals surface area contributed by atoms with E-state index < -0.39 is 4.92 Å². The zero-order valence-electron chi connectivity index (χ0n) is 12.3. The van der Waals surface area contributed by atoms with Crippen LogP contribution in [0.2, 0.25) is 0 Å². The van der Waals surface area contributed by atoms with Crippen molar-refractivity contribution in [3.63, 3.8) is 0 Å². The Kier molecular flexibility index (Phi) is 5.05. The van der Waals surface area contributed by atoms with Gasteiger partial charge in [-0.3, -0.25) is 24.6 Å². The molecule has 0 unspecified atom stereocenters. The molecular formula is C14H18N4O4. The molecular weight excluding hydrogens is 288 g/mol. The van der Waals surface area contributed by atoms with Gasteiger partial charge >= 0.3 is 0 Å². The number of hydrogen-bond acceptors (Lipinski definition) is 5. The molecule has 1 aliphatic heterocycles. The normalized spacial score (nSPS) is 15.4. The third-order valence-corrected chi connectivity index (χ3v) is 3.64. The first-order valence-electron chi connectivity index (χ1n) is 6.98. The average molecular weight is 306 g/mol. The van der Waals surface area contributed by atoms with E-state index in [0.717, 1.165) is 0 Å². The van der Waals surface area contributed by atoms with Gasteiger partial charge in [0.15, 0.2) is 0 Å². The van der Waals surface area contributed by atoms with Crippen molar-refractivity contribution in [3.05, 3.63) is 39.9 Å². The number of nitro benzene ring substituents is 1. The van der Waals surface area contributed by atoms with Crippen LogP contribution in [-0.4, -0.2) is 66.3 Å². The third kappa shape index (κ3) is 3.59. The minimum absolute atomic E-state index is 0.0709. The zero-order valence-corrected chi connectivity index (χ0v) is 12.3. The topological polar surface area (TPSA) is 95.8 Å². The molecule has 118 valence electrons. The van der Waals surface area contributed by atoms with Gasteiger partial charge in [-0.1, -0.05) is 12.1 Å². The molecule has 0 aliphatic carbocycles. The second-order valence-corrected chi connectivity index (χ2v) is 5.02. The Balaban J connectivity index is 2.01. The summed E-state index contributed by atoms with van der Waals surface area (Å²) in [5.74, 6) is -0.412. The summed E-state index contributed by atoms with van der Waals surface area (Å²) in [4.78, 5) is 37.7. The number of amides is 2. The third-order valence-electron chi connectivity index (χ3n) is 3.64. The standard InChI is InChI=1S/C14H18N4O4/c1-15-13(19)10-16-6-8-17(9-7-16)14(20)11-4-2-3-5-12(11)18(21)22/h2-5H,6-10H2,1H3,(H,15,19). The Morgan fingerprint density at radius 2 is 1.86 bits per heavy atom. The predicted molar refractivity (Wildman–Crippen MR) is 79.5 cm³/mol. The smallest absolute Gasteiger partial charge is 0.282 e. The van der Waals surface area contributed by atoms with Crippen LogP contribution in [0.4, 0.5) is 5.69 Å². The summed E-state index contributed by atoms with van der Waals surface area (Å²) >= 11 is 0. The Labute approximate surface area is 127 Å². The van der Waals surface area contributed by atoms with Gasteiger partial charge in [0, 0.05) is 39.3 Å². The second kappa shape index (κ2) is 6.99. The molecule has 1 heterocycles. The van der Waals surface area contributed by atoms with Gasteiger partial charge in [-0.05, 0) is 6.07 Å². The molecule has 0 spiro atoms. The number of benzene rings is 1. The maximum Gasteiger partial charge on any atom is 0.282 e. The quantitative estimate of drug-likeness (QED) is 0.628. The van der Waals surface area contributed by atoms with Crippen molar-refractivity contribution in [3.8, 4) is 0 Å². The lowest BCUT2D eigenvalue weighted by Gasteiger charge is -2.34. The summed E-state index contributed by atoms with van der Waals surface area (Å²) in [7, 11) is 1.58. The van der Waals surface area contributed by atoms with Crippen LogP contribution in [0.25, 0.3) is 0 Å². The highest BCUT2D eigenvalue weighted by Crippen LogP contribution is 2.20. The second-order valence-electron chi connectivity index (χ2n) is 5.02. The number of carbonyl (C=O) groups is 2. The number of nitrogens with zero attached hydrogens (tertiary/aromatic N) is 3.